The largest absolute Gasteiger partial charge is 0.466 e. The van der Waals surface area contributed by atoms with E-state index >= 15 is 0 Å². The average Bonchev–Trinajstić information content (AvgIpc) is 2.42. The summed E-state index contributed by atoms with van der Waals surface area (Å²) >= 11 is 0. The minimum absolute atomic E-state index is 0.0187. The van der Waals surface area contributed by atoms with E-state index in [2.05, 4.69) is 4.84 Å². The predicted molar refractivity (Wildman–Crippen MR) is 70.3 cm³/mol. The molecule has 1 atom stereocenters. The van der Waals surface area contributed by atoms with Crippen LogP contribution in [-0.4, -0.2) is 24.5 Å². The molecule has 0 heterocycles. The molecule has 0 aliphatic heterocycles. The Bertz CT molecular complexity index is 515. The molecule has 6 nitrogen and oxygen atoms in total. The highest BCUT2D eigenvalue weighted by molar-refractivity contribution is 5.84. The zero-order chi connectivity index (χ0) is 15.8. The number of hydroxylamine groups is 1. The number of nitrogens with one attached hydrogen (secondary N) is 1. The third-order valence-corrected chi connectivity index (χ3v) is 2.60. The van der Waals surface area contributed by atoms with Gasteiger partial charge in [-0.2, -0.15) is 5.48 Å². The van der Waals surface area contributed by atoms with Crippen LogP contribution in [0, 0.1) is 5.82 Å². The Morgan fingerprint density at radius 1 is 1.14 bits per heavy atom. The Morgan fingerprint density at radius 2 is 1.76 bits per heavy atom. The normalized spacial score (nSPS) is 11.4. The number of amides is 1. The summed E-state index contributed by atoms with van der Waals surface area (Å²) in [6.07, 6.45) is 0.179. The maximum Gasteiger partial charge on any atom is 0.329 e. The van der Waals surface area contributed by atoms with Gasteiger partial charge in [0, 0.05) is 13.8 Å². The number of hydrogen-bond donors (Lipinski definition) is 1. The standard InChI is InChI=1S/C14H16FNO5/c1-9(17)20-8-7-13(14(19)16-21-10(2)18)11-3-5-12(15)6-4-11/h3-6,13H,7-8H2,1-2H3,(H,16,19). The third kappa shape index (κ3) is 6.03. The highest BCUT2D eigenvalue weighted by Gasteiger charge is 2.22. The van der Waals surface area contributed by atoms with Crippen LogP contribution in [0.15, 0.2) is 24.3 Å². The van der Waals surface area contributed by atoms with Crippen molar-refractivity contribution in [3.05, 3.63) is 35.6 Å². The van der Waals surface area contributed by atoms with Gasteiger partial charge in [-0.15, -0.1) is 0 Å². The van der Waals surface area contributed by atoms with Gasteiger partial charge in [0.05, 0.1) is 12.5 Å². The Kier molecular flexibility index (Phi) is 6.32. The summed E-state index contributed by atoms with van der Waals surface area (Å²) in [6, 6.07) is 5.32. The van der Waals surface area contributed by atoms with E-state index in [9.17, 15) is 18.8 Å². The zero-order valence-electron chi connectivity index (χ0n) is 11.7. The highest BCUT2D eigenvalue weighted by Crippen LogP contribution is 2.20. The van der Waals surface area contributed by atoms with Crippen LogP contribution in [0.5, 0.6) is 0 Å². The first-order valence-corrected chi connectivity index (χ1v) is 6.26. The lowest BCUT2D eigenvalue weighted by Crippen LogP contribution is -2.31. The number of benzene rings is 1. The number of carbonyl (C=O) groups is 3. The molecule has 1 rings (SSSR count). The molecule has 0 saturated carbocycles. The van der Waals surface area contributed by atoms with E-state index in [4.69, 9.17) is 4.74 Å². The molecular formula is C14H16FNO5. The Hall–Kier alpha value is -2.44. The quantitative estimate of drug-likeness (QED) is 0.657. The van der Waals surface area contributed by atoms with E-state index in [0.717, 1.165) is 6.92 Å². The van der Waals surface area contributed by atoms with E-state index in [0.29, 0.717) is 5.56 Å². The van der Waals surface area contributed by atoms with Gasteiger partial charge in [-0.05, 0) is 24.1 Å². The first-order chi connectivity index (χ1) is 9.90. The fourth-order valence-electron chi connectivity index (χ4n) is 1.66. The Morgan fingerprint density at radius 3 is 2.29 bits per heavy atom. The van der Waals surface area contributed by atoms with E-state index in [1.54, 1.807) is 0 Å². The van der Waals surface area contributed by atoms with E-state index in [1.807, 2.05) is 5.48 Å². The summed E-state index contributed by atoms with van der Waals surface area (Å²) in [7, 11) is 0. The first kappa shape index (κ1) is 16.6. The lowest BCUT2D eigenvalue weighted by molar-refractivity contribution is -0.157. The number of carbonyl (C=O) groups excluding carboxylic acids is 3. The van der Waals surface area contributed by atoms with Gasteiger partial charge < -0.3 is 9.57 Å². The summed E-state index contributed by atoms with van der Waals surface area (Å²) in [5, 5.41) is 0. The minimum atomic E-state index is -0.732. The molecule has 0 aliphatic rings. The summed E-state index contributed by atoms with van der Waals surface area (Å²) in [6.45, 7) is 2.42. The maximum atomic E-state index is 12.9. The Labute approximate surface area is 121 Å². The molecule has 1 aromatic rings. The summed E-state index contributed by atoms with van der Waals surface area (Å²) in [5.74, 6) is -2.87. The van der Waals surface area contributed by atoms with Gasteiger partial charge in [0.25, 0.3) is 5.91 Å². The molecule has 0 radical (unpaired) electrons. The van der Waals surface area contributed by atoms with Gasteiger partial charge in [-0.1, -0.05) is 12.1 Å². The molecule has 0 aromatic heterocycles. The molecule has 7 heteroatoms. The van der Waals surface area contributed by atoms with Gasteiger partial charge in [-0.3, -0.25) is 14.4 Å². The molecule has 0 fully saturated rings. The fraction of sp³-hybridized carbons (Fsp3) is 0.357. The fourth-order valence-corrected chi connectivity index (χ4v) is 1.66. The van der Waals surface area contributed by atoms with Crippen LogP contribution in [0.2, 0.25) is 0 Å². The molecule has 0 saturated heterocycles. The number of rotatable bonds is 5. The molecular weight excluding hydrogens is 281 g/mol. The van der Waals surface area contributed by atoms with Crippen molar-refractivity contribution >= 4 is 17.8 Å². The lowest BCUT2D eigenvalue weighted by atomic mass is 9.95. The van der Waals surface area contributed by atoms with Crippen molar-refractivity contribution in [2.45, 2.75) is 26.2 Å². The van der Waals surface area contributed by atoms with Gasteiger partial charge in [0.15, 0.2) is 0 Å². The van der Waals surface area contributed by atoms with Gasteiger partial charge in [0.1, 0.15) is 5.82 Å². The van der Waals surface area contributed by atoms with Gasteiger partial charge >= 0.3 is 11.9 Å². The van der Waals surface area contributed by atoms with Crippen LogP contribution < -0.4 is 5.48 Å². The molecule has 1 amide bonds. The molecule has 1 aromatic carbocycles. The van der Waals surface area contributed by atoms with Crippen LogP contribution in [-0.2, 0) is 24.0 Å². The molecule has 114 valence electrons. The molecule has 0 spiro atoms. The molecule has 1 unspecified atom stereocenters. The SMILES string of the molecule is CC(=O)OCCC(C(=O)NOC(C)=O)c1ccc(F)cc1. The van der Waals surface area contributed by atoms with Crippen molar-refractivity contribution in [2.24, 2.45) is 0 Å². The van der Waals surface area contributed by atoms with Crippen LogP contribution in [0.3, 0.4) is 0 Å². The van der Waals surface area contributed by atoms with Crippen LogP contribution in [0.1, 0.15) is 31.7 Å². The summed E-state index contributed by atoms with van der Waals surface area (Å²) < 4.78 is 17.7. The summed E-state index contributed by atoms with van der Waals surface area (Å²) in [4.78, 5) is 37.9. The first-order valence-electron chi connectivity index (χ1n) is 6.26. The van der Waals surface area contributed by atoms with Gasteiger partial charge in [-0.25, -0.2) is 4.39 Å². The molecule has 0 bridgehead atoms. The average molecular weight is 297 g/mol. The van der Waals surface area contributed by atoms with Crippen molar-refractivity contribution in [3.63, 3.8) is 0 Å². The number of esters is 1. The van der Waals surface area contributed by atoms with E-state index < -0.39 is 29.6 Å². The summed E-state index contributed by atoms with van der Waals surface area (Å²) in [5.41, 5.74) is 2.53. The van der Waals surface area contributed by atoms with E-state index in [-0.39, 0.29) is 13.0 Å². The second kappa shape index (κ2) is 7.98. The predicted octanol–water partition coefficient (Wildman–Crippen LogP) is 1.46. The van der Waals surface area contributed by atoms with Crippen molar-refractivity contribution < 1.29 is 28.3 Å². The van der Waals surface area contributed by atoms with Crippen molar-refractivity contribution in [2.75, 3.05) is 6.61 Å². The second-order valence-corrected chi connectivity index (χ2v) is 4.29. The number of hydrogen-bond acceptors (Lipinski definition) is 5. The van der Waals surface area contributed by atoms with Crippen LogP contribution in [0.25, 0.3) is 0 Å². The smallest absolute Gasteiger partial charge is 0.329 e. The van der Waals surface area contributed by atoms with Crippen LogP contribution >= 0.6 is 0 Å². The Balaban J connectivity index is 2.77. The number of ether oxygens (including phenoxy) is 1. The van der Waals surface area contributed by atoms with Crippen molar-refractivity contribution in [1.82, 2.24) is 5.48 Å². The van der Waals surface area contributed by atoms with Crippen molar-refractivity contribution in [1.29, 1.82) is 0 Å². The van der Waals surface area contributed by atoms with Crippen molar-refractivity contribution in [3.8, 4) is 0 Å². The zero-order valence-corrected chi connectivity index (χ0v) is 11.7. The minimum Gasteiger partial charge on any atom is -0.466 e. The topological polar surface area (TPSA) is 81.7 Å². The van der Waals surface area contributed by atoms with Gasteiger partial charge in [0.2, 0.25) is 0 Å². The third-order valence-electron chi connectivity index (χ3n) is 2.60. The van der Waals surface area contributed by atoms with Crippen LogP contribution in [0.4, 0.5) is 4.39 Å². The number of halogens is 1. The molecule has 21 heavy (non-hydrogen) atoms. The lowest BCUT2D eigenvalue weighted by Gasteiger charge is -2.16. The monoisotopic (exact) mass is 297 g/mol. The maximum absolute atomic E-state index is 12.9. The molecule has 0 aliphatic carbocycles. The molecule has 1 N–H and O–H groups in total. The second-order valence-electron chi connectivity index (χ2n) is 4.29. The highest BCUT2D eigenvalue weighted by atomic mass is 19.1. The van der Waals surface area contributed by atoms with E-state index in [1.165, 1.54) is 31.2 Å².